The molecule has 0 fully saturated rings. The highest BCUT2D eigenvalue weighted by Crippen LogP contribution is 2.30. The standard InChI is InChI=1S/C23H21N3O/c1-3-7-16(8-4-1)15-27-18-11-12-20-19(13-18)22-21(25-20)14-24-23(26-22)17-9-5-2-6-10-17/h1-10,14,18,25H,11-13,15H2. The molecule has 0 spiro atoms. The van der Waals surface area contributed by atoms with Crippen LogP contribution >= 0.6 is 0 Å². The van der Waals surface area contributed by atoms with Gasteiger partial charge in [0.15, 0.2) is 5.82 Å². The van der Waals surface area contributed by atoms with E-state index in [4.69, 9.17) is 9.72 Å². The van der Waals surface area contributed by atoms with E-state index in [1.165, 1.54) is 16.8 Å². The molecule has 4 aromatic rings. The van der Waals surface area contributed by atoms with Crippen molar-refractivity contribution >= 4 is 11.0 Å². The maximum absolute atomic E-state index is 6.20. The molecule has 1 aliphatic carbocycles. The van der Waals surface area contributed by atoms with Crippen LogP contribution in [0.2, 0.25) is 0 Å². The van der Waals surface area contributed by atoms with Gasteiger partial charge in [0.05, 0.1) is 29.9 Å². The topological polar surface area (TPSA) is 50.8 Å². The minimum absolute atomic E-state index is 0.229. The van der Waals surface area contributed by atoms with Crippen molar-refractivity contribution in [3.8, 4) is 11.4 Å². The Kier molecular flexibility index (Phi) is 4.18. The Labute approximate surface area is 158 Å². The number of hydrogen-bond donors (Lipinski definition) is 1. The Balaban J connectivity index is 1.41. The molecule has 1 unspecified atom stereocenters. The minimum Gasteiger partial charge on any atom is -0.373 e. The van der Waals surface area contributed by atoms with E-state index in [0.717, 1.165) is 41.7 Å². The first-order valence-electron chi connectivity index (χ1n) is 9.44. The number of rotatable bonds is 4. The van der Waals surface area contributed by atoms with Crippen LogP contribution < -0.4 is 0 Å². The molecule has 0 saturated heterocycles. The van der Waals surface area contributed by atoms with E-state index in [1.807, 2.05) is 42.6 Å². The number of aromatic amines is 1. The SMILES string of the molecule is c1ccc(COC2CCc3[nH]c4cnc(-c5ccccc5)nc4c3C2)cc1. The van der Waals surface area contributed by atoms with Gasteiger partial charge >= 0.3 is 0 Å². The first kappa shape index (κ1) is 16.2. The molecule has 1 N–H and O–H groups in total. The molecule has 4 nitrogen and oxygen atoms in total. The monoisotopic (exact) mass is 355 g/mol. The molecule has 1 aliphatic rings. The van der Waals surface area contributed by atoms with E-state index in [1.54, 1.807) is 0 Å². The van der Waals surface area contributed by atoms with E-state index in [9.17, 15) is 0 Å². The molecule has 0 bridgehead atoms. The van der Waals surface area contributed by atoms with Crippen LogP contribution in [0.5, 0.6) is 0 Å². The Morgan fingerprint density at radius 1 is 1.00 bits per heavy atom. The zero-order valence-corrected chi connectivity index (χ0v) is 15.1. The number of aromatic nitrogens is 3. The van der Waals surface area contributed by atoms with Crippen molar-refractivity contribution in [3.05, 3.63) is 83.7 Å². The molecule has 5 rings (SSSR count). The number of benzene rings is 2. The summed E-state index contributed by atoms with van der Waals surface area (Å²) in [5.41, 5.74) is 6.88. The molecule has 4 heteroatoms. The highest BCUT2D eigenvalue weighted by atomic mass is 16.5. The fourth-order valence-electron chi connectivity index (χ4n) is 3.81. The number of aryl methyl sites for hydroxylation is 1. The van der Waals surface area contributed by atoms with Crippen LogP contribution in [0.3, 0.4) is 0 Å². The normalized spacial score (nSPS) is 16.4. The second kappa shape index (κ2) is 6.97. The molecule has 0 saturated carbocycles. The van der Waals surface area contributed by atoms with Crippen molar-refractivity contribution in [1.29, 1.82) is 0 Å². The summed E-state index contributed by atoms with van der Waals surface area (Å²) in [5.74, 6) is 0.775. The third kappa shape index (κ3) is 3.24. The zero-order chi connectivity index (χ0) is 18.1. The molecule has 0 amide bonds. The van der Waals surface area contributed by atoms with Gasteiger partial charge in [-0.05, 0) is 18.4 Å². The summed E-state index contributed by atoms with van der Waals surface area (Å²) in [6, 6.07) is 20.5. The van der Waals surface area contributed by atoms with Gasteiger partial charge < -0.3 is 9.72 Å². The van der Waals surface area contributed by atoms with E-state index >= 15 is 0 Å². The smallest absolute Gasteiger partial charge is 0.159 e. The summed E-state index contributed by atoms with van der Waals surface area (Å²) >= 11 is 0. The Hall–Kier alpha value is -2.98. The summed E-state index contributed by atoms with van der Waals surface area (Å²) in [6.07, 6.45) is 5.06. The highest BCUT2D eigenvalue weighted by Gasteiger charge is 2.24. The maximum atomic E-state index is 6.20. The van der Waals surface area contributed by atoms with Crippen molar-refractivity contribution in [3.63, 3.8) is 0 Å². The minimum atomic E-state index is 0.229. The van der Waals surface area contributed by atoms with E-state index in [-0.39, 0.29) is 6.10 Å². The van der Waals surface area contributed by atoms with Crippen LogP contribution in [-0.4, -0.2) is 21.1 Å². The van der Waals surface area contributed by atoms with Gasteiger partial charge in [-0.3, -0.25) is 0 Å². The number of ether oxygens (including phenoxy) is 1. The Morgan fingerprint density at radius 2 is 1.78 bits per heavy atom. The maximum Gasteiger partial charge on any atom is 0.159 e. The third-order valence-corrected chi connectivity index (χ3v) is 5.23. The first-order chi connectivity index (χ1) is 13.4. The molecule has 2 aromatic carbocycles. The summed E-state index contributed by atoms with van der Waals surface area (Å²) < 4.78 is 6.20. The molecule has 1 atom stereocenters. The average Bonchev–Trinajstić information content (AvgIpc) is 3.11. The molecule has 2 heterocycles. The lowest BCUT2D eigenvalue weighted by Gasteiger charge is -2.22. The molecule has 134 valence electrons. The van der Waals surface area contributed by atoms with Gasteiger partial charge in [0.1, 0.15) is 0 Å². The summed E-state index contributed by atoms with van der Waals surface area (Å²) in [6.45, 7) is 0.660. The number of nitrogens with one attached hydrogen (secondary N) is 1. The van der Waals surface area contributed by atoms with Crippen LogP contribution in [0.25, 0.3) is 22.4 Å². The van der Waals surface area contributed by atoms with E-state index < -0.39 is 0 Å². The van der Waals surface area contributed by atoms with Gasteiger partial charge in [0.25, 0.3) is 0 Å². The van der Waals surface area contributed by atoms with Gasteiger partial charge in [-0.1, -0.05) is 60.7 Å². The van der Waals surface area contributed by atoms with Crippen LogP contribution in [0, 0.1) is 0 Å². The molecular weight excluding hydrogens is 334 g/mol. The van der Waals surface area contributed by atoms with Crippen molar-refractivity contribution in [2.75, 3.05) is 0 Å². The Morgan fingerprint density at radius 3 is 2.59 bits per heavy atom. The number of fused-ring (bicyclic) bond motifs is 3. The molecule has 0 aliphatic heterocycles. The zero-order valence-electron chi connectivity index (χ0n) is 15.1. The number of nitrogens with zero attached hydrogens (tertiary/aromatic N) is 2. The first-order valence-corrected chi connectivity index (χ1v) is 9.44. The van der Waals surface area contributed by atoms with Gasteiger partial charge in [0, 0.05) is 23.2 Å². The summed E-state index contributed by atoms with van der Waals surface area (Å²) in [4.78, 5) is 12.9. The lowest BCUT2D eigenvalue weighted by Crippen LogP contribution is -2.22. The third-order valence-electron chi connectivity index (χ3n) is 5.23. The van der Waals surface area contributed by atoms with E-state index in [2.05, 4.69) is 34.2 Å². The van der Waals surface area contributed by atoms with Gasteiger partial charge in [-0.25, -0.2) is 9.97 Å². The molecule has 0 radical (unpaired) electrons. The summed E-state index contributed by atoms with van der Waals surface area (Å²) in [5, 5.41) is 0. The largest absolute Gasteiger partial charge is 0.373 e. The van der Waals surface area contributed by atoms with Crippen LogP contribution in [-0.2, 0) is 24.2 Å². The van der Waals surface area contributed by atoms with Gasteiger partial charge in [-0.15, -0.1) is 0 Å². The van der Waals surface area contributed by atoms with Gasteiger partial charge in [-0.2, -0.15) is 0 Å². The van der Waals surface area contributed by atoms with Crippen molar-refractivity contribution in [1.82, 2.24) is 15.0 Å². The number of hydrogen-bond acceptors (Lipinski definition) is 3. The Bertz CT molecular complexity index is 1060. The molecule has 2 aromatic heterocycles. The van der Waals surface area contributed by atoms with Crippen molar-refractivity contribution in [2.45, 2.75) is 32.0 Å². The van der Waals surface area contributed by atoms with Gasteiger partial charge in [0.2, 0.25) is 0 Å². The quantitative estimate of drug-likeness (QED) is 0.577. The van der Waals surface area contributed by atoms with Crippen LogP contribution in [0.1, 0.15) is 23.2 Å². The summed E-state index contributed by atoms with van der Waals surface area (Å²) in [7, 11) is 0. The number of H-pyrrole nitrogens is 1. The fraction of sp³-hybridized carbons (Fsp3) is 0.217. The molecule has 27 heavy (non-hydrogen) atoms. The highest BCUT2D eigenvalue weighted by molar-refractivity contribution is 5.82. The average molecular weight is 355 g/mol. The second-order valence-electron chi connectivity index (χ2n) is 7.07. The molecular formula is C23H21N3O. The lowest BCUT2D eigenvalue weighted by atomic mass is 9.94. The van der Waals surface area contributed by atoms with Crippen LogP contribution in [0.4, 0.5) is 0 Å². The van der Waals surface area contributed by atoms with Crippen molar-refractivity contribution in [2.24, 2.45) is 0 Å². The fourth-order valence-corrected chi connectivity index (χ4v) is 3.81. The van der Waals surface area contributed by atoms with Crippen LogP contribution in [0.15, 0.2) is 66.9 Å². The predicted octanol–water partition coefficient (Wildman–Crippen LogP) is 4.70. The lowest BCUT2D eigenvalue weighted by molar-refractivity contribution is 0.0319. The second-order valence-corrected chi connectivity index (χ2v) is 7.07. The van der Waals surface area contributed by atoms with Crippen molar-refractivity contribution < 1.29 is 4.74 Å². The predicted molar refractivity (Wildman–Crippen MR) is 106 cm³/mol. The van der Waals surface area contributed by atoms with E-state index in [0.29, 0.717) is 6.61 Å².